The quantitative estimate of drug-likeness (QED) is 0.704. The minimum Gasteiger partial charge on any atom is -0.438 e. The van der Waals surface area contributed by atoms with E-state index in [1.54, 1.807) is 6.07 Å². The molecule has 0 fully saturated rings. The van der Waals surface area contributed by atoms with E-state index in [-0.39, 0.29) is 6.61 Å². The molecule has 3 aromatic rings. The Balaban J connectivity index is 1.86. The Labute approximate surface area is 134 Å². The molecule has 0 saturated carbocycles. The third kappa shape index (κ3) is 3.55. The number of ether oxygens (including phenoxy) is 1. The fourth-order valence-electron chi connectivity index (χ4n) is 2.40. The number of aliphatic hydroxyl groups excluding tert-OH is 1. The number of hydrogen-bond acceptors (Lipinski definition) is 4. The Morgan fingerprint density at radius 3 is 2.61 bits per heavy atom. The van der Waals surface area contributed by atoms with Crippen LogP contribution in [0.5, 0.6) is 11.6 Å². The minimum atomic E-state index is 0.182. The number of aldehydes is 1. The number of aryl methyl sites for hydroxylation is 1. The van der Waals surface area contributed by atoms with Gasteiger partial charge in [0.25, 0.3) is 0 Å². The van der Waals surface area contributed by atoms with E-state index in [4.69, 9.17) is 9.84 Å². The van der Waals surface area contributed by atoms with Gasteiger partial charge in [0.1, 0.15) is 5.75 Å². The van der Waals surface area contributed by atoms with Crippen LogP contribution >= 0.6 is 0 Å². The molecule has 0 atom stereocenters. The molecule has 0 saturated heterocycles. The van der Waals surface area contributed by atoms with E-state index in [2.05, 4.69) is 4.98 Å². The number of hydrogen-bond donors (Lipinski definition) is 1. The predicted octanol–water partition coefficient (Wildman–Crippen LogP) is 3.76. The molecule has 0 aliphatic heterocycles. The molecule has 0 unspecified atom stereocenters. The molecule has 0 bridgehead atoms. The summed E-state index contributed by atoms with van der Waals surface area (Å²) < 4.78 is 5.78. The van der Waals surface area contributed by atoms with Crippen LogP contribution < -0.4 is 4.74 Å². The molecule has 23 heavy (non-hydrogen) atoms. The maximum Gasteiger partial charge on any atom is 0.230 e. The van der Waals surface area contributed by atoms with Gasteiger partial charge in [-0.1, -0.05) is 30.3 Å². The predicted molar refractivity (Wildman–Crippen MR) is 89.1 cm³/mol. The lowest BCUT2D eigenvalue weighted by Crippen LogP contribution is -1.95. The zero-order chi connectivity index (χ0) is 16.1. The Morgan fingerprint density at radius 2 is 1.87 bits per heavy atom. The maximum absolute atomic E-state index is 11.3. The molecule has 0 radical (unpaired) electrons. The van der Waals surface area contributed by atoms with E-state index in [0.29, 0.717) is 17.2 Å². The minimum absolute atomic E-state index is 0.182. The second-order valence-electron chi connectivity index (χ2n) is 5.27. The van der Waals surface area contributed by atoms with Gasteiger partial charge >= 0.3 is 0 Å². The number of rotatable bonds is 6. The van der Waals surface area contributed by atoms with E-state index >= 15 is 0 Å². The lowest BCUT2D eigenvalue weighted by molar-refractivity contribution is 0.112. The van der Waals surface area contributed by atoms with Gasteiger partial charge in [-0.15, -0.1) is 0 Å². The second-order valence-corrected chi connectivity index (χ2v) is 5.27. The fourth-order valence-corrected chi connectivity index (χ4v) is 2.40. The van der Waals surface area contributed by atoms with Crippen LogP contribution in [0.4, 0.5) is 0 Å². The fraction of sp³-hybridized carbons (Fsp3) is 0.158. The van der Waals surface area contributed by atoms with Crippen molar-refractivity contribution < 1.29 is 14.6 Å². The van der Waals surface area contributed by atoms with Gasteiger partial charge in [0.2, 0.25) is 5.88 Å². The standard InChI is InChI=1S/C19H17NO3/c21-11-3-4-14-7-9-17(10-8-14)23-19-16(13-22)12-15-5-1-2-6-18(15)20-19/h1-2,5-10,12-13,21H,3-4,11H2. The van der Waals surface area contributed by atoms with Crippen molar-refractivity contribution in [1.82, 2.24) is 4.98 Å². The molecule has 1 aromatic heterocycles. The molecule has 0 spiro atoms. The first-order chi connectivity index (χ1) is 11.3. The molecular formula is C19H17NO3. The van der Waals surface area contributed by atoms with Crippen molar-refractivity contribution in [2.45, 2.75) is 12.8 Å². The van der Waals surface area contributed by atoms with Crippen LogP contribution in [-0.2, 0) is 6.42 Å². The molecule has 2 aromatic carbocycles. The van der Waals surface area contributed by atoms with Crippen molar-refractivity contribution in [2.75, 3.05) is 6.61 Å². The Hall–Kier alpha value is -2.72. The third-order valence-electron chi connectivity index (χ3n) is 3.61. The van der Waals surface area contributed by atoms with Crippen molar-refractivity contribution in [3.05, 3.63) is 65.7 Å². The van der Waals surface area contributed by atoms with Crippen LogP contribution in [0.2, 0.25) is 0 Å². The van der Waals surface area contributed by atoms with Crippen molar-refractivity contribution >= 4 is 17.2 Å². The Bertz CT molecular complexity index is 812. The monoisotopic (exact) mass is 307 g/mol. The first-order valence-corrected chi connectivity index (χ1v) is 7.53. The van der Waals surface area contributed by atoms with Crippen LogP contribution in [0.15, 0.2) is 54.6 Å². The van der Waals surface area contributed by atoms with E-state index in [1.807, 2.05) is 48.5 Å². The number of carbonyl (C=O) groups excluding carboxylic acids is 1. The summed E-state index contributed by atoms with van der Waals surface area (Å²) in [7, 11) is 0. The average Bonchev–Trinajstić information content (AvgIpc) is 2.60. The van der Waals surface area contributed by atoms with E-state index in [9.17, 15) is 4.79 Å². The highest BCUT2D eigenvalue weighted by atomic mass is 16.5. The first kappa shape index (κ1) is 15.2. The summed E-state index contributed by atoms with van der Waals surface area (Å²) in [5.41, 5.74) is 2.34. The summed E-state index contributed by atoms with van der Waals surface area (Å²) in [6, 6.07) is 17.0. The molecule has 0 amide bonds. The lowest BCUT2D eigenvalue weighted by atomic mass is 10.1. The summed E-state index contributed by atoms with van der Waals surface area (Å²) in [6.45, 7) is 0.182. The number of carbonyl (C=O) groups is 1. The average molecular weight is 307 g/mol. The van der Waals surface area contributed by atoms with Crippen LogP contribution in [-0.4, -0.2) is 23.0 Å². The lowest BCUT2D eigenvalue weighted by Gasteiger charge is -2.09. The molecule has 4 nitrogen and oxygen atoms in total. The van der Waals surface area contributed by atoms with Gasteiger partial charge in [-0.2, -0.15) is 0 Å². The number of pyridine rings is 1. The number of fused-ring (bicyclic) bond motifs is 1. The Morgan fingerprint density at radius 1 is 1.09 bits per heavy atom. The maximum atomic E-state index is 11.3. The van der Waals surface area contributed by atoms with E-state index in [1.165, 1.54) is 0 Å². The number of aliphatic hydroxyl groups is 1. The van der Waals surface area contributed by atoms with E-state index in [0.717, 1.165) is 35.6 Å². The molecular weight excluding hydrogens is 290 g/mol. The normalized spacial score (nSPS) is 10.7. The van der Waals surface area contributed by atoms with Gasteiger partial charge in [-0.3, -0.25) is 4.79 Å². The van der Waals surface area contributed by atoms with Crippen molar-refractivity contribution in [1.29, 1.82) is 0 Å². The molecule has 3 rings (SSSR count). The van der Waals surface area contributed by atoms with Gasteiger partial charge < -0.3 is 9.84 Å². The van der Waals surface area contributed by atoms with Crippen LogP contribution in [0, 0.1) is 0 Å². The van der Waals surface area contributed by atoms with Crippen LogP contribution in [0.1, 0.15) is 22.3 Å². The van der Waals surface area contributed by atoms with Crippen molar-refractivity contribution in [3.63, 3.8) is 0 Å². The highest BCUT2D eigenvalue weighted by Crippen LogP contribution is 2.26. The highest BCUT2D eigenvalue weighted by molar-refractivity contribution is 5.88. The van der Waals surface area contributed by atoms with Crippen LogP contribution in [0.25, 0.3) is 10.9 Å². The second kappa shape index (κ2) is 7.03. The number of para-hydroxylation sites is 1. The van der Waals surface area contributed by atoms with Gasteiger partial charge in [0.15, 0.2) is 6.29 Å². The number of nitrogens with zero attached hydrogens (tertiary/aromatic N) is 1. The smallest absolute Gasteiger partial charge is 0.230 e. The third-order valence-corrected chi connectivity index (χ3v) is 3.61. The SMILES string of the molecule is O=Cc1cc2ccccc2nc1Oc1ccc(CCCO)cc1. The Kier molecular flexibility index (Phi) is 4.64. The largest absolute Gasteiger partial charge is 0.438 e. The first-order valence-electron chi connectivity index (χ1n) is 7.53. The van der Waals surface area contributed by atoms with Gasteiger partial charge in [0.05, 0.1) is 11.1 Å². The van der Waals surface area contributed by atoms with Crippen molar-refractivity contribution in [2.24, 2.45) is 0 Å². The molecule has 116 valence electrons. The number of benzene rings is 2. The van der Waals surface area contributed by atoms with Gasteiger partial charge in [-0.25, -0.2) is 4.98 Å². The van der Waals surface area contributed by atoms with Crippen molar-refractivity contribution in [3.8, 4) is 11.6 Å². The van der Waals surface area contributed by atoms with Crippen LogP contribution in [0.3, 0.4) is 0 Å². The molecule has 0 aliphatic rings. The molecule has 4 heteroatoms. The summed E-state index contributed by atoms with van der Waals surface area (Å²) in [4.78, 5) is 15.7. The molecule has 0 aliphatic carbocycles. The summed E-state index contributed by atoms with van der Waals surface area (Å²) >= 11 is 0. The zero-order valence-corrected chi connectivity index (χ0v) is 12.6. The van der Waals surface area contributed by atoms with Gasteiger partial charge in [0, 0.05) is 12.0 Å². The topological polar surface area (TPSA) is 59.4 Å². The van der Waals surface area contributed by atoms with E-state index < -0.39 is 0 Å². The summed E-state index contributed by atoms with van der Waals surface area (Å²) in [5, 5.41) is 9.76. The van der Waals surface area contributed by atoms with Gasteiger partial charge in [-0.05, 0) is 42.7 Å². The zero-order valence-electron chi connectivity index (χ0n) is 12.6. The highest BCUT2D eigenvalue weighted by Gasteiger charge is 2.09. The summed E-state index contributed by atoms with van der Waals surface area (Å²) in [6.07, 6.45) is 2.32. The number of aromatic nitrogens is 1. The molecule has 1 heterocycles. The summed E-state index contributed by atoms with van der Waals surface area (Å²) in [5.74, 6) is 0.936. The molecule has 1 N–H and O–H groups in total.